The molecule has 1 fully saturated rings. The molecule has 1 saturated carbocycles. The fourth-order valence-corrected chi connectivity index (χ4v) is 4.09. The van der Waals surface area contributed by atoms with E-state index in [9.17, 15) is 19.4 Å². The van der Waals surface area contributed by atoms with Crippen LogP contribution in [0.25, 0.3) is 11.3 Å². The molecular weight excluding hydrogens is 475 g/mol. The lowest BCUT2D eigenvalue weighted by atomic mass is 9.90. The van der Waals surface area contributed by atoms with Gasteiger partial charge in [-0.25, -0.2) is 9.37 Å². The summed E-state index contributed by atoms with van der Waals surface area (Å²) in [6.45, 7) is 3.34. The topological polar surface area (TPSA) is 115 Å². The van der Waals surface area contributed by atoms with Crippen molar-refractivity contribution in [2.75, 3.05) is 13.7 Å². The Kier molecular flexibility index (Phi) is 7.64. The highest BCUT2D eigenvalue weighted by Gasteiger charge is 2.41. The molecule has 0 radical (unpaired) electrons. The van der Waals surface area contributed by atoms with Crippen LogP contribution in [0, 0.1) is 5.82 Å². The Bertz CT molecular complexity index is 1270. The number of pyridine rings is 1. The maximum Gasteiger partial charge on any atom is 0.163 e. The second-order valence-electron chi connectivity index (χ2n) is 10.0. The van der Waals surface area contributed by atoms with Gasteiger partial charge in [0.25, 0.3) is 0 Å². The predicted molar refractivity (Wildman–Crippen MR) is 138 cm³/mol. The summed E-state index contributed by atoms with van der Waals surface area (Å²) in [6.07, 6.45) is 1.22. The number of carbonyl (C=O) groups excluding carboxylic acids is 1. The molecule has 4 rings (SSSR count). The van der Waals surface area contributed by atoms with Gasteiger partial charge in [-0.05, 0) is 93.3 Å². The van der Waals surface area contributed by atoms with Gasteiger partial charge in [-0.2, -0.15) is 0 Å². The number of halogens is 1. The number of aliphatic hydroxyl groups excluding tert-OH is 1. The number of hydrogen-bond donors (Lipinski definition) is 3. The van der Waals surface area contributed by atoms with Crippen molar-refractivity contribution in [3.8, 4) is 22.8 Å². The van der Waals surface area contributed by atoms with Crippen LogP contribution in [0.3, 0.4) is 0 Å². The molecule has 1 aliphatic rings. The summed E-state index contributed by atoms with van der Waals surface area (Å²) in [6, 6.07) is 14.6. The number of hydrogen-bond acceptors (Lipinski definition) is 7. The average molecular weight is 509 g/mol. The molecule has 1 heterocycles. The first kappa shape index (κ1) is 26.7. The van der Waals surface area contributed by atoms with Crippen LogP contribution in [-0.4, -0.2) is 40.8 Å². The van der Waals surface area contributed by atoms with Gasteiger partial charge in [-0.1, -0.05) is 0 Å². The monoisotopic (exact) mass is 508 g/mol. The van der Waals surface area contributed by atoms with Crippen LogP contribution in [0.5, 0.6) is 11.5 Å². The van der Waals surface area contributed by atoms with Crippen LogP contribution in [0.2, 0.25) is 0 Å². The number of methoxy groups -OCH3 is 1. The number of ketones is 1. The van der Waals surface area contributed by atoms with Crippen LogP contribution in [0.4, 0.5) is 4.39 Å². The molecule has 0 spiro atoms. The van der Waals surface area contributed by atoms with Crippen molar-refractivity contribution in [2.24, 2.45) is 5.73 Å². The van der Waals surface area contributed by atoms with E-state index in [4.69, 9.17) is 15.2 Å². The van der Waals surface area contributed by atoms with E-state index in [1.807, 2.05) is 12.1 Å². The molecule has 8 heteroatoms. The number of rotatable bonds is 11. The zero-order valence-corrected chi connectivity index (χ0v) is 21.3. The van der Waals surface area contributed by atoms with Crippen LogP contribution >= 0.6 is 0 Å². The Balaban J connectivity index is 1.54. The first-order valence-electron chi connectivity index (χ1n) is 12.3. The first-order chi connectivity index (χ1) is 17.5. The average Bonchev–Trinajstić information content (AvgIpc) is 3.64. The molecule has 1 unspecified atom stereocenters. The summed E-state index contributed by atoms with van der Waals surface area (Å²) in [5, 5.41) is 20.8. The molecule has 0 amide bonds. The zero-order chi connectivity index (χ0) is 26.8. The smallest absolute Gasteiger partial charge is 0.163 e. The third-order valence-electron chi connectivity index (χ3n) is 6.69. The van der Waals surface area contributed by atoms with E-state index in [2.05, 4.69) is 4.98 Å². The molecule has 1 aliphatic carbocycles. The molecule has 0 aliphatic heterocycles. The zero-order valence-electron chi connectivity index (χ0n) is 21.3. The number of ether oxygens (including phenoxy) is 2. The van der Waals surface area contributed by atoms with Crippen molar-refractivity contribution in [1.82, 2.24) is 4.98 Å². The van der Waals surface area contributed by atoms with Crippen LogP contribution in [0.1, 0.15) is 61.1 Å². The fraction of sp³-hybridized carbons (Fsp3) is 0.379. The van der Waals surface area contributed by atoms with E-state index >= 15 is 0 Å². The third kappa shape index (κ3) is 6.33. The van der Waals surface area contributed by atoms with Gasteiger partial charge >= 0.3 is 0 Å². The number of carbonyl (C=O) groups is 1. The minimum Gasteiger partial charge on any atom is -0.493 e. The van der Waals surface area contributed by atoms with Gasteiger partial charge in [0.1, 0.15) is 18.0 Å². The second-order valence-corrected chi connectivity index (χ2v) is 10.0. The molecule has 7 nitrogen and oxygen atoms in total. The predicted octanol–water partition coefficient (Wildman–Crippen LogP) is 4.47. The molecular formula is C29H33FN2O5. The number of aromatic nitrogens is 1. The highest BCUT2D eigenvalue weighted by atomic mass is 19.1. The maximum absolute atomic E-state index is 13.5. The van der Waals surface area contributed by atoms with Crippen molar-refractivity contribution in [2.45, 2.75) is 56.8 Å². The van der Waals surface area contributed by atoms with Crippen molar-refractivity contribution >= 4 is 5.78 Å². The second kappa shape index (κ2) is 10.6. The Morgan fingerprint density at radius 2 is 1.86 bits per heavy atom. The molecule has 1 aromatic heterocycles. The molecule has 37 heavy (non-hydrogen) atoms. The van der Waals surface area contributed by atoms with Gasteiger partial charge in [0.2, 0.25) is 0 Å². The number of aliphatic hydroxyl groups is 2. The third-order valence-corrected chi connectivity index (χ3v) is 6.69. The van der Waals surface area contributed by atoms with E-state index in [0.717, 1.165) is 18.4 Å². The lowest BCUT2D eigenvalue weighted by Crippen LogP contribution is -2.26. The van der Waals surface area contributed by atoms with Crippen molar-refractivity contribution in [3.05, 3.63) is 77.2 Å². The molecule has 2 atom stereocenters. The largest absolute Gasteiger partial charge is 0.493 e. The van der Waals surface area contributed by atoms with Gasteiger partial charge < -0.3 is 25.4 Å². The normalized spacial score (nSPS) is 16.5. The lowest BCUT2D eigenvalue weighted by Gasteiger charge is -2.25. The molecule has 4 N–H and O–H groups in total. The Hall–Kier alpha value is -3.33. The highest BCUT2D eigenvalue weighted by Crippen LogP contribution is 2.44. The van der Waals surface area contributed by atoms with Crippen LogP contribution in [-0.2, 0) is 11.1 Å². The standard InChI is InChI=1S/C29H33FN2O5/c1-18(33)17-37-25-9-6-20(14-26(25)36-3)24(34)10-11-28(2,35)27-16-21(29(31)12-13-29)15-23(32-27)19-4-7-22(30)8-5-19/h4-9,14-16,18,33,35H,10-13,17,31H2,1-3H3/t18-,28?/m1/s1. The van der Waals surface area contributed by atoms with Gasteiger partial charge in [0, 0.05) is 23.1 Å². The lowest BCUT2D eigenvalue weighted by molar-refractivity contribution is 0.0397. The summed E-state index contributed by atoms with van der Waals surface area (Å²) < 4.78 is 24.3. The number of nitrogens with two attached hydrogens (primary N) is 1. The van der Waals surface area contributed by atoms with Gasteiger partial charge in [0.05, 0.1) is 24.6 Å². The van der Waals surface area contributed by atoms with E-state index in [1.54, 1.807) is 44.2 Å². The number of benzene rings is 2. The fourth-order valence-electron chi connectivity index (χ4n) is 4.09. The quantitative estimate of drug-likeness (QED) is 0.327. The summed E-state index contributed by atoms with van der Waals surface area (Å²) in [4.78, 5) is 17.7. The Labute approximate surface area is 216 Å². The van der Waals surface area contributed by atoms with E-state index < -0.39 is 17.2 Å². The number of Topliss-reactive ketones (excluding diaryl/α,β-unsaturated/α-hetero) is 1. The van der Waals surface area contributed by atoms with Gasteiger partial charge in [-0.3, -0.25) is 4.79 Å². The molecule has 0 bridgehead atoms. The summed E-state index contributed by atoms with van der Waals surface area (Å²) in [7, 11) is 1.48. The van der Waals surface area contributed by atoms with Crippen molar-refractivity contribution < 1.29 is 28.9 Å². The van der Waals surface area contributed by atoms with Gasteiger partial charge in [-0.15, -0.1) is 0 Å². The minimum atomic E-state index is -1.41. The van der Waals surface area contributed by atoms with Crippen molar-refractivity contribution in [3.63, 3.8) is 0 Å². The summed E-state index contributed by atoms with van der Waals surface area (Å²) in [5.41, 5.74) is 7.59. The Morgan fingerprint density at radius 3 is 2.49 bits per heavy atom. The summed E-state index contributed by atoms with van der Waals surface area (Å²) in [5.74, 6) is 0.293. The summed E-state index contributed by atoms with van der Waals surface area (Å²) >= 11 is 0. The first-order valence-corrected chi connectivity index (χ1v) is 12.3. The van der Waals surface area contributed by atoms with Crippen molar-refractivity contribution in [1.29, 1.82) is 0 Å². The van der Waals surface area contributed by atoms with Crippen LogP contribution < -0.4 is 15.2 Å². The van der Waals surface area contributed by atoms with E-state index in [0.29, 0.717) is 34.0 Å². The molecule has 0 saturated heterocycles. The minimum absolute atomic E-state index is 0.0651. The SMILES string of the molecule is COc1cc(C(=O)CCC(C)(O)c2cc(C3(N)CC3)cc(-c3ccc(F)cc3)n2)ccc1OC[C@@H](C)O. The Morgan fingerprint density at radius 1 is 1.16 bits per heavy atom. The van der Waals surface area contributed by atoms with E-state index in [-0.39, 0.29) is 31.0 Å². The van der Waals surface area contributed by atoms with Gasteiger partial charge in [0.15, 0.2) is 17.3 Å². The number of nitrogens with zero attached hydrogens (tertiary/aromatic N) is 1. The van der Waals surface area contributed by atoms with Crippen LogP contribution in [0.15, 0.2) is 54.6 Å². The van der Waals surface area contributed by atoms with E-state index in [1.165, 1.54) is 19.2 Å². The molecule has 2 aromatic carbocycles. The molecule has 196 valence electrons. The highest BCUT2D eigenvalue weighted by molar-refractivity contribution is 5.96. The molecule has 3 aromatic rings. The maximum atomic E-state index is 13.5.